The first-order valence-electron chi connectivity index (χ1n) is 6.18. The maximum absolute atomic E-state index is 10.1. The summed E-state index contributed by atoms with van der Waals surface area (Å²) in [6.07, 6.45) is -0.782. The Kier molecular flexibility index (Phi) is 4.31. The van der Waals surface area contributed by atoms with Gasteiger partial charge in [-0.3, -0.25) is 4.99 Å². The van der Waals surface area contributed by atoms with E-state index in [0.717, 1.165) is 5.56 Å². The van der Waals surface area contributed by atoms with Crippen molar-refractivity contribution in [2.24, 2.45) is 4.99 Å². The number of aliphatic hydroxyl groups excluding tert-OH is 1. The van der Waals surface area contributed by atoms with Crippen molar-refractivity contribution in [1.82, 2.24) is 0 Å². The molecule has 0 amide bonds. The molecule has 2 aromatic rings. The van der Waals surface area contributed by atoms with Crippen LogP contribution in [0.5, 0.6) is 5.75 Å². The van der Waals surface area contributed by atoms with Crippen LogP contribution in [0, 0.1) is 0 Å². The van der Waals surface area contributed by atoms with E-state index in [1.54, 1.807) is 31.2 Å². The second kappa shape index (κ2) is 6.16. The summed E-state index contributed by atoms with van der Waals surface area (Å²) in [4.78, 5) is 4.39. The van der Waals surface area contributed by atoms with Crippen LogP contribution in [0.2, 0.25) is 0 Å². The summed E-state index contributed by atoms with van der Waals surface area (Å²) in [5.74, 6) is 0.146. The van der Waals surface area contributed by atoms with Gasteiger partial charge in [0.15, 0.2) is 0 Å². The predicted molar refractivity (Wildman–Crippen MR) is 76.3 cm³/mol. The lowest BCUT2D eigenvalue weighted by Crippen LogP contribution is -2.08. The van der Waals surface area contributed by atoms with E-state index in [9.17, 15) is 10.2 Å². The zero-order valence-electron chi connectivity index (χ0n) is 10.8. The highest BCUT2D eigenvalue weighted by atomic mass is 16.3. The third-order valence-electron chi connectivity index (χ3n) is 2.94. The average molecular weight is 255 g/mol. The largest absolute Gasteiger partial charge is 0.508 e. The van der Waals surface area contributed by atoms with E-state index in [1.165, 1.54) is 0 Å². The Hall–Kier alpha value is -2.13. The fourth-order valence-corrected chi connectivity index (χ4v) is 1.82. The summed E-state index contributed by atoms with van der Waals surface area (Å²) in [6.45, 7) is 2.33. The highest BCUT2D eigenvalue weighted by Gasteiger charge is 2.11. The maximum Gasteiger partial charge on any atom is 0.116 e. The fourth-order valence-electron chi connectivity index (χ4n) is 1.82. The van der Waals surface area contributed by atoms with Crippen molar-refractivity contribution < 1.29 is 10.2 Å². The van der Waals surface area contributed by atoms with Gasteiger partial charge in [0.05, 0.1) is 6.54 Å². The molecule has 0 bridgehead atoms. The molecule has 2 rings (SSSR count). The minimum absolute atomic E-state index is 0.146. The number of aromatic hydroxyl groups is 1. The molecule has 98 valence electrons. The van der Waals surface area contributed by atoms with Gasteiger partial charge in [-0.05, 0) is 30.2 Å². The standard InChI is InChI=1S/C16H17NO2/c1-12(17-11-13-6-3-2-4-7-13)16(19)14-8-5-9-15(18)10-14/h2-10,16,18-19H,11H2,1H3. The molecule has 19 heavy (non-hydrogen) atoms. The van der Waals surface area contributed by atoms with E-state index in [0.29, 0.717) is 17.8 Å². The summed E-state index contributed by atoms with van der Waals surface area (Å²) in [6, 6.07) is 16.5. The first-order chi connectivity index (χ1) is 9.16. The molecule has 1 atom stereocenters. The van der Waals surface area contributed by atoms with Crippen LogP contribution in [0.1, 0.15) is 24.2 Å². The van der Waals surface area contributed by atoms with Crippen molar-refractivity contribution >= 4 is 5.71 Å². The normalized spacial score (nSPS) is 13.3. The molecule has 0 aromatic heterocycles. The highest BCUT2D eigenvalue weighted by molar-refractivity contribution is 5.87. The van der Waals surface area contributed by atoms with Crippen LogP contribution in [0.25, 0.3) is 0 Å². The molecule has 0 heterocycles. The number of phenolic OH excluding ortho intramolecular Hbond substituents is 1. The lowest BCUT2D eigenvalue weighted by Gasteiger charge is -2.11. The Balaban J connectivity index is 2.08. The number of phenols is 1. The third kappa shape index (κ3) is 3.66. The number of hydrogen-bond acceptors (Lipinski definition) is 3. The molecule has 0 spiro atoms. The zero-order chi connectivity index (χ0) is 13.7. The molecule has 2 N–H and O–H groups in total. The Bertz CT molecular complexity index is 564. The number of aliphatic hydroxyl groups is 1. The van der Waals surface area contributed by atoms with E-state index < -0.39 is 6.10 Å². The summed E-state index contributed by atoms with van der Waals surface area (Å²) >= 11 is 0. The average Bonchev–Trinajstić information content (AvgIpc) is 2.45. The summed E-state index contributed by atoms with van der Waals surface area (Å²) in [5, 5.41) is 19.6. The lowest BCUT2D eigenvalue weighted by atomic mass is 10.1. The molecule has 3 nitrogen and oxygen atoms in total. The van der Waals surface area contributed by atoms with E-state index >= 15 is 0 Å². The van der Waals surface area contributed by atoms with Crippen molar-refractivity contribution in [3.8, 4) is 5.75 Å². The van der Waals surface area contributed by atoms with E-state index in [1.807, 2.05) is 30.3 Å². The number of hydrogen-bond donors (Lipinski definition) is 2. The van der Waals surface area contributed by atoms with Crippen molar-refractivity contribution in [3.63, 3.8) is 0 Å². The molecule has 0 saturated heterocycles. The fraction of sp³-hybridized carbons (Fsp3) is 0.188. The second-order valence-corrected chi connectivity index (χ2v) is 4.44. The molecule has 0 radical (unpaired) electrons. The first-order valence-corrected chi connectivity index (χ1v) is 6.18. The summed E-state index contributed by atoms with van der Waals surface area (Å²) < 4.78 is 0. The minimum atomic E-state index is -0.782. The molecular formula is C16H17NO2. The van der Waals surface area contributed by atoms with Gasteiger partial charge in [0.2, 0.25) is 0 Å². The van der Waals surface area contributed by atoms with Crippen molar-refractivity contribution in [3.05, 3.63) is 65.7 Å². The molecule has 0 saturated carbocycles. The Labute approximate surface area is 112 Å². The molecule has 3 heteroatoms. The van der Waals surface area contributed by atoms with E-state index in [4.69, 9.17) is 0 Å². The van der Waals surface area contributed by atoms with Gasteiger partial charge < -0.3 is 10.2 Å². The van der Waals surface area contributed by atoms with Crippen LogP contribution in [-0.2, 0) is 6.54 Å². The van der Waals surface area contributed by atoms with Gasteiger partial charge in [0.25, 0.3) is 0 Å². The Morgan fingerprint density at radius 2 is 1.84 bits per heavy atom. The molecule has 0 aliphatic rings. The number of nitrogens with zero attached hydrogens (tertiary/aromatic N) is 1. The minimum Gasteiger partial charge on any atom is -0.508 e. The van der Waals surface area contributed by atoms with Crippen molar-refractivity contribution in [2.75, 3.05) is 0 Å². The van der Waals surface area contributed by atoms with Crippen molar-refractivity contribution in [1.29, 1.82) is 0 Å². The van der Waals surface area contributed by atoms with Crippen LogP contribution in [0.15, 0.2) is 59.6 Å². The Morgan fingerprint density at radius 3 is 2.53 bits per heavy atom. The quantitative estimate of drug-likeness (QED) is 0.825. The number of aliphatic imine (C=N–C) groups is 1. The maximum atomic E-state index is 10.1. The summed E-state index contributed by atoms with van der Waals surface area (Å²) in [5.41, 5.74) is 2.38. The van der Waals surface area contributed by atoms with Crippen molar-refractivity contribution in [2.45, 2.75) is 19.6 Å². The van der Waals surface area contributed by atoms with Gasteiger partial charge in [-0.25, -0.2) is 0 Å². The molecule has 2 aromatic carbocycles. The predicted octanol–water partition coefficient (Wildman–Crippen LogP) is 3.09. The molecule has 0 fully saturated rings. The van der Waals surface area contributed by atoms with Crippen LogP contribution in [0.3, 0.4) is 0 Å². The van der Waals surface area contributed by atoms with Gasteiger partial charge in [-0.15, -0.1) is 0 Å². The lowest BCUT2D eigenvalue weighted by molar-refractivity contribution is 0.246. The summed E-state index contributed by atoms with van der Waals surface area (Å²) in [7, 11) is 0. The SMILES string of the molecule is CC(=NCc1ccccc1)C(O)c1cccc(O)c1. The van der Waals surface area contributed by atoms with Gasteiger partial charge in [0, 0.05) is 5.71 Å². The van der Waals surface area contributed by atoms with Crippen LogP contribution < -0.4 is 0 Å². The van der Waals surface area contributed by atoms with E-state index in [-0.39, 0.29) is 5.75 Å². The molecule has 0 aliphatic heterocycles. The molecule has 0 aliphatic carbocycles. The monoisotopic (exact) mass is 255 g/mol. The topological polar surface area (TPSA) is 52.8 Å². The van der Waals surface area contributed by atoms with E-state index in [2.05, 4.69) is 4.99 Å². The first kappa shape index (κ1) is 13.3. The van der Waals surface area contributed by atoms with Crippen LogP contribution in [0.4, 0.5) is 0 Å². The van der Waals surface area contributed by atoms with Gasteiger partial charge in [0.1, 0.15) is 11.9 Å². The van der Waals surface area contributed by atoms with Gasteiger partial charge in [-0.1, -0.05) is 42.5 Å². The van der Waals surface area contributed by atoms with Crippen LogP contribution >= 0.6 is 0 Å². The zero-order valence-corrected chi connectivity index (χ0v) is 10.8. The number of rotatable bonds is 4. The smallest absolute Gasteiger partial charge is 0.116 e. The molecular weight excluding hydrogens is 238 g/mol. The third-order valence-corrected chi connectivity index (χ3v) is 2.94. The second-order valence-electron chi connectivity index (χ2n) is 4.44. The Morgan fingerprint density at radius 1 is 1.11 bits per heavy atom. The van der Waals surface area contributed by atoms with Gasteiger partial charge in [-0.2, -0.15) is 0 Å². The highest BCUT2D eigenvalue weighted by Crippen LogP contribution is 2.19. The van der Waals surface area contributed by atoms with Gasteiger partial charge >= 0.3 is 0 Å². The number of benzene rings is 2. The molecule has 1 unspecified atom stereocenters. The van der Waals surface area contributed by atoms with Crippen LogP contribution in [-0.4, -0.2) is 15.9 Å².